The molecule has 26 heavy (non-hydrogen) atoms. The fourth-order valence-corrected chi connectivity index (χ4v) is 2.87. The van der Waals surface area contributed by atoms with E-state index in [-0.39, 0.29) is 5.56 Å². The first-order chi connectivity index (χ1) is 12.6. The second-order valence-corrected chi connectivity index (χ2v) is 6.28. The van der Waals surface area contributed by atoms with Crippen LogP contribution in [0.4, 0.5) is 0 Å². The molecule has 0 aliphatic heterocycles. The SMILES string of the molecule is Cc1ccc(Oc2ccccc2-c2nc3ccccc3c(=O)[nH]2)cc1C. The minimum atomic E-state index is -0.161. The number of aromatic nitrogens is 2. The highest BCUT2D eigenvalue weighted by Gasteiger charge is 2.11. The predicted octanol–water partition coefficient (Wildman–Crippen LogP) is 5.00. The van der Waals surface area contributed by atoms with Crippen LogP contribution in [0.1, 0.15) is 11.1 Å². The van der Waals surface area contributed by atoms with Crippen molar-refractivity contribution in [2.24, 2.45) is 0 Å². The van der Waals surface area contributed by atoms with Crippen molar-refractivity contribution in [2.75, 3.05) is 0 Å². The van der Waals surface area contributed by atoms with Gasteiger partial charge in [0.2, 0.25) is 0 Å². The maximum Gasteiger partial charge on any atom is 0.259 e. The summed E-state index contributed by atoms with van der Waals surface area (Å²) in [5.74, 6) is 1.89. The summed E-state index contributed by atoms with van der Waals surface area (Å²) < 4.78 is 6.09. The summed E-state index contributed by atoms with van der Waals surface area (Å²) in [6.45, 7) is 4.12. The van der Waals surface area contributed by atoms with Crippen LogP contribution in [0.2, 0.25) is 0 Å². The normalized spacial score (nSPS) is 10.8. The van der Waals surface area contributed by atoms with E-state index in [2.05, 4.69) is 23.8 Å². The van der Waals surface area contributed by atoms with E-state index >= 15 is 0 Å². The number of hydrogen-bond acceptors (Lipinski definition) is 3. The number of ether oxygens (including phenoxy) is 1. The van der Waals surface area contributed by atoms with E-state index in [9.17, 15) is 4.79 Å². The number of aromatic amines is 1. The molecule has 0 fully saturated rings. The van der Waals surface area contributed by atoms with Crippen molar-refractivity contribution in [2.45, 2.75) is 13.8 Å². The highest BCUT2D eigenvalue weighted by molar-refractivity contribution is 5.80. The van der Waals surface area contributed by atoms with Crippen LogP contribution in [-0.4, -0.2) is 9.97 Å². The standard InChI is InChI=1S/C22H18N2O2/c1-14-11-12-16(13-15(14)2)26-20-10-6-4-8-18(20)21-23-19-9-5-3-7-17(19)22(25)24-21/h3-13H,1-2H3,(H,23,24,25). The summed E-state index contributed by atoms with van der Waals surface area (Å²) in [5.41, 5.74) is 3.62. The van der Waals surface area contributed by atoms with Gasteiger partial charge in [-0.2, -0.15) is 0 Å². The van der Waals surface area contributed by atoms with Crippen molar-refractivity contribution in [3.05, 3.63) is 88.2 Å². The monoisotopic (exact) mass is 342 g/mol. The molecule has 0 radical (unpaired) electrons. The molecule has 0 bridgehead atoms. The lowest BCUT2D eigenvalue weighted by Crippen LogP contribution is -2.09. The van der Waals surface area contributed by atoms with E-state index in [1.807, 2.05) is 60.7 Å². The van der Waals surface area contributed by atoms with Crippen molar-refractivity contribution in [3.8, 4) is 22.9 Å². The van der Waals surface area contributed by atoms with Crippen molar-refractivity contribution in [1.29, 1.82) is 0 Å². The lowest BCUT2D eigenvalue weighted by Gasteiger charge is -2.12. The molecular weight excluding hydrogens is 324 g/mol. The highest BCUT2D eigenvalue weighted by Crippen LogP contribution is 2.32. The molecule has 1 aromatic heterocycles. The molecule has 0 amide bonds. The summed E-state index contributed by atoms with van der Waals surface area (Å²) in [7, 11) is 0. The van der Waals surface area contributed by atoms with Gasteiger partial charge < -0.3 is 9.72 Å². The van der Waals surface area contributed by atoms with Gasteiger partial charge in [-0.3, -0.25) is 4.79 Å². The van der Waals surface area contributed by atoms with Gasteiger partial charge >= 0.3 is 0 Å². The smallest absolute Gasteiger partial charge is 0.259 e. The van der Waals surface area contributed by atoms with E-state index in [4.69, 9.17) is 4.74 Å². The molecule has 4 nitrogen and oxygen atoms in total. The van der Waals surface area contributed by atoms with Gasteiger partial charge in [0.25, 0.3) is 5.56 Å². The number of H-pyrrole nitrogens is 1. The second-order valence-electron chi connectivity index (χ2n) is 6.28. The van der Waals surface area contributed by atoms with Gasteiger partial charge in [-0.15, -0.1) is 0 Å². The van der Waals surface area contributed by atoms with Gasteiger partial charge in [0.1, 0.15) is 17.3 Å². The first-order valence-corrected chi connectivity index (χ1v) is 8.45. The average molecular weight is 342 g/mol. The predicted molar refractivity (Wildman–Crippen MR) is 104 cm³/mol. The van der Waals surface area contributed by atoms with Crippen molar-refractivity contribution in [1.82, 2.24) is 9.97 Å². The molecule has 4 heteroatoms. The van der Waals surface area contributed by atoms with Crippen LogP contribution in [0.3, 0.4) is 0 Å². The number of rotatable bonds is 3. The summed E-state index contributed by atoms with van der Waals surface area (Å²) in [5, 5.41) is 0.573. The quantitative estimate of drug-likeness (QED) is 0.570. The Hall–Kier alpha value is -3.40. The van der Waals surface area contributed by atoms with Crippen LogP contribution in [0.5, 0.6) is 11.5 Å². The zero-order chi connectivity index (χ0) is 18.1. The summed E-state index contributed by atoms with van der Waals surface area (Å²) in [6.07, 6.45) is 0. The number of benzene rings is 3. The lowest BCUT2D eigenvalue weighted by atomic mass is 10.1. The van der Waals surface area contributed by atoms with Gasteiger partial charge in [-0.25, -0.2) is 4.98 Å². The third-order valence-electron chi connectivity index (χ3n) is 4.46. The third-order valence-corrected chi connectivity index (χ3v) is 4.46. The zero-order valence-electron chi connectivity index (χ0n) is 14.6. The Morgan fingerprint density at radius 3 is 2.50 bits per heavy atom. The van der Waals surface area contributed by atoms with E-state index in [1.54, 1.807) is 6.07 Å². The zero-order valence-corrected chi connectivity index (χ0v) is 14.6. The number of hydrogen-bond donors (Lipinski definition) is 1. The number of fused-ring (bicyclic) bond motifs is 1. The van der Waals surface area contributed by atoms with E-state index in [1.165, 1.54) is 5.56 Å². The molecule has 0 saturated carbocycles. The molecule has 1 N–H and O–H groups in total. The Labute approximate surface area is 151 Å². The number of nitrogens with zero attached hydrogens (tertiary/aromatic N) is 1. The number of para-hydroxylation sites is 2. The van der Waals surface area contributed by atoms with Crippen LogP contribution in [0.15, 0.2) is 71.5 Å². The number of aryl methyl sites for hydroxylation is 2. The molecule has 4 aromatic rings. The lowest BCUT2D eigenvalue weighted by molar-refractivity contribution is 0.483. The molecule has 0 aliphatic rings. The topological polar surface area (TPSA) is 55.0 Å². The highest BCUT2D eigenvalue weighted by atomic mass is 16.5. The van der Waals surface area contributed by atoms with Crippen LogP contribution < -0.4 is 10.3 Å². The summed E-state index contributed by atoms with van der Waals surface area (Å²) in [6, 6.07) is 20.8. The maximum atomic E-state index is 12.4. The summed E-state index contributed by atoms with van der Waals surface area (Å²) >= 11 is 0. The van der Waals surface area contributed by atoms with Crippen molar-refractivity contribution < 1.29 is 4.74 Å². The van der Waals surface area contributed by atoms with E-state index in [0.717, 1.165) is 16.9 Å². The van der Waals surface area contributed by atoms with Gasteiger partial charge in [-0.05, 0) is 61.4 Å². The third kappa shape index (κ3) is 2.97. The fraction of sp³-hybridized carbons (Fsp3) is 0.0909. The molecular formula is C22H18N2O2. The molecule has 0 aliphatic carbocycles. The molecule has 0 unspecified atom stereocenters. The average Bonchev–Trinajstić information content (AvgIpc) is 2.65. The molecule has 0 atom stereocenters. The Kier molecular flexibility index (Phi) is 4.01. The molecule has 0 saturated heterocycles. The molecule has 128 valence electrons. The minimum absolute atomic E-state index is 0.161. The van der Waals surface area contributed by atoms with Crippen molar-refractivity contribution >= 4 is 10.9 Å². The van der Waals surface area contributed by atoms with E-state index in [0.29, 0.717) is 22.5 Å². The van der Waals surface area contributed by atoms with Gasteiger partial charge in [0.15, 0.2) is 0 Å². The molecule has 3 aromatic carbocycles. The Balaban J connectivity index is 1.81. The summed E-state index contributed by atoms with van der Waals surface area (Å²) in [4.78, 5) is 19.9. The van der Waals surface area contributed by atoms with Crippen molar-refractivity contribution in [3.63, 3.8) is 0 Å². The minimum Gasteiger partial charge on any atom is -0.457 e. The van der Waals surface area contributed by atoms with Crippen LogP contribution >= 0.6 is 0 Å². The Morgan fingerprint density at radius 1 is 0.885 bits per heavy atom. The van der Waals surface area contributed by atoms with Crippen LogP contribution in [-0.2, 0) is 0 Å². The van der Waals surface area contributed by atoms with Crippen LogP contribution in [0.25, 0.3) is 22.3 Å². The molecule has 0 spiro atoms. The first kappa shape index (κ1) is 16.1. The fourth-order valence-electron chi connectivity index (χ4n) is 2.87. The van der Waals surface area contributed by atoms with E-state index < -0.39 is 0 Å². The van der Waals surface area contributed by atoms with Gasteiger partial charge in [0, 0.05) is 0 Å². The van der Waals surface area contributed by atoms with Gasteiger partial charge in [0.05, 0.1) is 16.5 Å². The molecule has 4 rings (SSSR count). The Bertz CT molecular complexity index is 1160. The second kappa shape index (κ2) is 6.48. The Morgan fingerprint density at radius 2 is 1.65 bits per heavy atom. The number of nitrogens with one attached hydrogen (secondary N) is 1. The van der Waals surface area contributed by atoms with Crippen LogP contribution in [0, 0.1) is 13.8 Å². The largest absolute Gasteiger partial charge is 0.457 e. The molecule has 1 heterocycles. The van der Waals surface area contributed by atoms with Gasteiger partial charge in [-0.1, -0.05) is 30.3 Å². The maximum absolute atomic E-state index is 12.4. The first-order valence-electron chi connectivity index (χ1n) is 8.45.